The maximum absolute atomic E-state index is 11.6. The van der Waals surface area contributed by atoms with Crippen LogP contribution in [0.5, 0.6) is 5.75 Å². The zero-order valence-electron chi connectivity index (χ0n) is 14.5. The number of rotatable bonds is 6. The quantitative estimate of drug-likeness (QED) is 0.470. The Morgan fingerprint density at radius 2 is 2.07 bits per heavy atom. The summed E-state index contributed by atoms with van der Waals surface area (Å²) < 4.78 is 10.5. The molecule has 0 unspecified atom stereocenters. The minimum atomic E-state index is -0.375. The van der Waals surface area contributed by atoms with E-state index in [1.165, 1.54) is 18.9 Å². The summed E-state index contributed by atoms with van der Waals surface area (Å²) in [6, 6.07) is 14.5. The van der Waals surface area contributed by atoms with Crippen molar-refractivity contribution in [3.8, 4) is 5.75 Å². The van der Waals surface area contributed by atoms with Crippen molar-refractivity contribution in [1.29, 1.82) is 0 Å². The first-order valence-electron chi connectivity index (χ1n) is 8.08. The molecule has 8 heteroatoms. The van der Waals surface area contributed by atoms with Crippen molar-refractivity contribution in [2.45, 2.75) is 6.61 Å². The van der Waals surface area contributed by atoms with Crippen LogP contribution in [0.2, 0.25) is 0 Å². The molecule has 2 aromatic carbocycles. The monoisotopic (exact) mass is 383 g/mol. The third kappa shape index (κ3) is 5.42. The van der Waals surface area contributed by atoms with Gasteiger partial charge in [0.1, 0.15) is 12.4 Å². The van der Waals surface area contributed by atoms with Crippen LogP contribution >= 0.6 is 11.8 Å². The number of methoxy groups -OCH3 is 1. The van der Waals surface area contributed by atoms with Gasteiger partial charge in [0.25, 0.3) is 0 Å². The highest BCUT2D eigenvalue weighted by molar-refractivity contribution is 8.15. The zero-order valence-corrected chi connectivity index (χ0v) is 15.4. The van der Waals surface area contributed by atoms with Crippen molar-refractivity contribution in [3.05, 3.63) is 65.2 Å². The number of esters is 1. The molecule has 1 aliphatic heterocycles. The SMILES string of the molecule is COC(=O)c1cccc(COc2ccc(C=NN=C3NC(=O)CS3)cc2)c1. The predicted molar refractivity (Wildman–Crippen MR) is 104 cm³/mol. The first-order valence-corrected chi connectivity index (χ1v) is 9.06. The molecular weight excluding hydrogens is 366 g/mol. The summed E-state index contributed by atoms with van der Waals surface area (Å²) in [6.07, 6.45) is 1.60. The van der Waals surface area contributed by atoms with E-state index in [0.717, 1.165) is 11.1 Å². The number of hydrogen-bond acceptors (Lipinski definition) is 7. The molecule has 0 atom stereocenters. The van der Waals surface area contributed by atoms with E-state index >= 15 is 0 Å². The van der Waals surface area contributed by atoms with Gasteiger partial charge in [-0.1, -0.05) is 23.9 Å². The molecule has 1 saturated heterocycles. The molecule has 3 rings (SSSR count). The van der Waals surface area contributed by atoms with Gasteiger partial charge in [0.15, 0.2) is 5.17 Å². The van der Waals surface area contributed by atoms with Crippen LogP contribution < -0.4 is 10.1 Å². The van der Waals surface area contributed by atoms with Crippen molar-refractivity contribution in [2.24, 2.45) is 10.2 Å². The lowest BCUT2D eigenvalue weighted by atomic mass is 10.1. The summed E-state index contributed by atoms with van der Waals surface area (Å²) in [7, 11) is 1.35. The molecule has 138 valence electrons. The fraction of sp³-hybridized carbons (Fsp3) is 0.158. The van der Waals surface area contributed by atoms with Crippen molar-refractivity contribution in [3.63, 3.8) is 0 Å². The molecule has 7 nitrogen and oxygen atoms in total. The molecule has 1 amide bonds. The second-order valence-corrected chi connectivity index (χ2v) is 6.50. The number of carbonyl (C=O) groups is 2. The van der Waals surface area contributed by atoms with Crippen LogP contribution in [-0.2, 0) is 16.1 Å². The standard InChI is InChI=1S/C19H17N3O4S/c1-25-18(24)15-4-2-3-14(9-15)11-26-16-7-5-13(6-8-16)10-20-22-19-21-17(23)12-27-19/h2-10H,11-12H2,1H3,(H,21,22,23). The maximum atomic E-state index is 11.6. The molecular formula is C19H17N3O4S. The number of carbonyl (C=O) groups excluding carboxylic acids is 2. The van der Waals surface area contributed by atoms with Crippen LogP contribution in [-0.4, -0.2) is 36.1 Å². The van der Waals surface area contributed by atoms with Crippen LogP contribution in [0.1, 0.15) is 21.5 Å². The average molecular weight is 383 g/mol. The van der Waals surface area contributed by atoms with E-state index in [2.05, 4.69) is 15.5 Å². The molecule has 0 radical (unpaired) electrons. The van der Waals surface area contributed by atoms with E-state index in [-0.39, 0.29) is 11.9 Å². The van der Waals surface area contributed by atoms with Gasteiger partial charge in [0, 0.05) is 0 Å². The topological polar surface area (TPSA) is 89.3 Å². The molecule has 27 heavy (non-hydrogen) atoms. The largest absolute Gasteiger partial charge is 0.489 e. The molecule has 1 heterocycles. The molecule has 1 fully saturated rings. The van der Waals surface area contributed by atoms with Gasteiger partial charge in [-0.3, -0.25) is 4.79 Å². The second-order valence-electron chi connectivity index (χ2n) is 5.54. The van der Waals surface area contributed by atoms with Crippen molar-refractivity contribution in [2.75, 3.05) is 12.9 Å². The molecule has 0 aliphatic carbocycles. The second kappa shape index (κ2) is 9.00. The Kier molecular flexibility index (Phi) is 6.22. The van der Waals surface area contributed by atoms with E-state index in [1.54, 1.807) is 24.4 Å². The molecule has 0 spiro atoms. The molecule has 2 aromatic rings. The van der Waals surface area contributed by atoms with Gasteiger partial charge in [-0.25, -0.2) is 4.79 Å². The van der Waals surface area contributed by atoms with E-state index < -0.39 is 0 Å². The number of ether oxygens (including phenoxy) is 2. The molecule has 0 bridgehead atoms. The highest BCUT2D eigenvalue weighted by Gasteiger charge is 2.15. The lowest BCUT2D eigenvalue weighted by Gasteiger charge is -2.07. The average Bonchev–Trinajstić information content (AvgIpc) is 3.12. The van der Waals surface area contributed by atoms with Gasteiger partial charge in [0.05, 0.1) is 24.6 Å². The Balaban J connectivity index is 1.55. The molecule has 1 aliphatic rings. The maximum Gasteiger partial charge on any atom is 0.337 e. The third-order valence-corrected chi connectivity index (χ3v) is 4.44. The number of nitrogens with one attached hydrogen (secondary N) is 1. The van der Waals surface area contributed by atoms with Crippen LogP contribution in [0.15, 0.2) is 58.7 Å². The molecule has 1 N–H and O–H groups in total. The summed E-state index contributed by atoms with van der Waals surface area (Å²) in [5, 5.41) is 11.0. The Morgan fingerprint density at radius 3 is 2.78 bits per heavy atom. The van der Waals surface area contributed by atoms with Crippen molar-refractivity contribution >= 4 is 35.0 Å². The number of amides is 1. The first-order chi connectivity index (χ1) is 13.1. The summed E-state index contributed by atoms with van der Waals surface area (Å²) in [4.78, 5) is 22.6. The van der Waals surface area contributed by atoms with E-state index in [1.807, 2.05) is 30.3 Å². The summed E-state index contributed by atoms with van der Waals surface area (Å²) in [5.74, 6) is 0.635. The van der Waals surface area contributed by atoms with Gasteiger partial charge in [0.2, 0.25) is 5.91 Å². The van der Waals surface area contributed by atoms with Gasteiger partial charge in [-0.05, 0) is 47.5 Å². The zero-order chi connectivity index (χ0) is 19.1. The number of benzene rings is 2. The van der Waals surface area contributed by atoms with Crippen LogP contribution in [0.3, 0.4) is 0 Å². The normalized spacial score (nSPS) is 15.1. The first kappa shape index (κ1) is 18.7. The summed E-state index contributed by atoms with van der Waals surface area (Å²) in [6.45, 7) is 0.336. The smallest absolute Gasteiger partial charge is 0.337 e. The highest BCUT2D eigenvalue weighted by Crippen LogP contribution is 2.15. The van der Waals surface area contributed by atoms with Gasteiger partial charge >= 0.3 is 5.97 Å². The minimum absolute atomic E-state index is 0.0624. The fourth-order valence-electron chi connectivity index (χ4n) is 2.25. The highest BCUT2D eigenvalue weighted by atomic mass is 32.2. The Morgan fingerprint density at radius 1 is 1.26 bits per heavy atom. The lowest BCUT2D eigenvalue weighted by Crippen LogP contribution is -2.19. The van der Waals surface area contributed by atoms with Crippen LogP contribution in [0, 0.1) is 0 Å². The third-order valence-electron chi connectivity index (χ3n) is 3.58. The number of nitrogens with zero attached hydrogens (tertiary/aromatic N) is 2. The number of hydrogen-bond donors (Lipinski definition) is 1. The number of amidine groups is 1. The molecule has 0 saturated carbocycles. The predicted octanol–water partition coefficient (Wildman–Crippen LogP) is 2.61. The van der Waals surface area contributed by atoms with Gasteiger partial charge < -0.3 is 14.8 Å². The summed E-state index contributed by atoms with van der Waals surface area (Å²) in [5.41, 5.74) is 2.22. The number of thioether (sulfide) groups is 1. The Hall–Kier alpha value is -3.13. The Bertz CT molecular complexity index is 894. The summed E-state index contributed by atoms with van der Waals surface area (Å²) >= 11 is 1.32. The van der Waals surface area contributed by atoms with Crippen LogP contribution in [0.25, 0.3) is 0 Å². The Labute approximate surface area is 160 Å². The fourth-order valence-corrected chi connectivity index (χ4v) is 2.88. The van der Waals surface area contributed by atoms with Crippen molar-refractivity contribution in [1.82, 2.24) is 5.32 Å². The molecule has 0 aromatic heterocycles. The lowest BCUT2D eigenvalue weighted by molar-refractivity contribution is -0.116. The minimum Gasteiger partial charge on any atom is -0.489 e. The van der Waals surface area contributed by atoms with E-state index in [0.29, 0.717) is 28.8 Å². The van der Waals surface area contributed by atoms with Crippen molar-refractivity contribution < 1.29 is 19.1 Å². The van der Waals surface area contributed by atoms with Crippen LogP contribution in [0.4, 0.5) is 0 Å². The van der Waals surface area contributed by atoms with Gasteiger partial charge in [-0.15, -0.1) is 5.10 Å². The van der Waals surface area contributed by atoms with Gasteiger partial charge in [-0.2, -0.15) is 5.10 Å². The van der Waals surface area contributed by atoms with E-state index in [9.17, 15) is 9.59 Å². The van der Waals surface area contributed by atoms with E-state index in [4.69, 9.17) is 9.47 Å².